The lowest BCUT2D eigenvalue weighted by atomic mass is 10.1. The number of nitrogens with one attached hydrogen (secondary N) is 1. The molecular weight excluding hydrogens is 523 g/mol. The van der Waals surface area contributed by atoms with E-state index >= 15 is 4.39 Å². The van der Waals surface area contributed by atoms with E-state index in [1.807, 2.05) is 19.1 Å². The molecule has 3 N–H and O–H groups in total. The van der Waals surface area contributed by atoms with Crippen LogP contribution in [0.2, 0.25) is 0 Å². The van der Waals surface area contributed by atoms with Gasteiger partial charge in [0.15, 0.2) is 0 Å². The lowest BCUT2D eigenvalue weighted by molar-refractivity contribution is -0.119. The number of hydrogen-bond acceptors (Lipinski definition) is 5. The first-order valence-electron chi connectivity index (χ1n) is 14.6. The predicted octanol–water partition coefficient (Wildman–Crippen LogP) is 3.89. The zero-order valence-electron chi connectivity index (χ0n) is 23.2. The number of carbonyl (C=O) groups excluding carboxylic acids is 2. The minimum Gasteiger partial charge on any atom is -0.491 e. The summed E-state index contributed by atoms with van der Waals surface area (Å²) in [4.78, 5) is 26.6. The molecule has 1 aromatic carbocycles. The average molecular weight is 559 g/mol. The Morgan fingerprint density at radius 3 is 2.80 bits per heavy atom. The number of amides is 2. The molecule has 5 heterocycles. The highest BCUT2D eigenvalue weighted by atomic mass is 19.1. The molecule has 2 unspecified atom stereocenters. The van der Waals surface area contributed by atoms with E-state index in [4.69, 9.17) is 15.6 Å². The topological polar surface area (TPSA) is 107 Å². The monoisotopic (exact) mass is 558 g/mol. The number of para-hydroxylation sites is 1. The maximum atomic E-state index is 15.6. The van der Waals surface area contributed by atoms with Gasteiger partial charge < -0.3 is 25.3 Å². The van der Waals surface area contributed by atoms with Gasteiger partial charge in [0, 0.05) is 61.7 Å². The van der Waals surface area contributed by atoms with Crippen LogP contribution >= 0.6 is 0 Å². The maximum Gasteiger partial charge on any atom is 0.255 e. The van der Waals surface area contributed by atoms with Crippen LogP contribution in [0.3, 0.4) is 0 Å². The Hall–Kier alpha value is -3.92. The van der Waals surface area contributed by atoms with Crippen molar-refractivity contribution in [3.8, 4) is 17.1 Å². The molecular formula is C31H35FN6O3. The molecule has 0 radical (unpaired) electrons. The number of ether oxygens (including phenoxy) is 1. The standard InChI is InChI=1S/C31H35FN6O3/c1-18-28(35-38-15-22(11-24(32)29(18)38)31(40)36-9-3-5-23(33)16-36)25-12-21-4-2-6-26(30(21)37(25)14-19-7-8-19)41-17-20-10-27(39)34-13-20/h2,4,6,11-12,15,19-20,23H,3,5,7-10,13-14,16-17,33H2,1H3,(H,34,39). The second-order valence-electron chi connectivity index (χ2n) is 12.0. The lowest BCUT2D eigenvalue weighted by Gasteiger charge is -2.30. The van der Waals surface area contributed by atoms with E-state index in [9.17, 15) is 9.59 Å². The van der Waals surface area contributed by atoms with E-state index in [1.165, 1.54) is 23.4 Å². The second kappa shape index (κ2) is 10.2. The zero-order valence-corrected chi connectivity index (χ0v) is 23.2. The summed E-state index contributed by atoms with van der Waals surface area (Å²) in [5.41, 5.74) is 10.0. The molecule has 3 aromatic heterocycles. The van der Waals surface area contributed by atoms with Crippen molar-refractivity contribution in [3.63, 3.8) is 0 Å². The molecule has 4 aromatic rings. The molecule has 0 bridgehead atoms. The Bertz CT molecular complexity index is 1670. The van der Waals surface area contributed by atoms with Crippen LogP contribution in [0.5, 0.6) is 5.75 Å². The molecule has 3 fully saturated rings. The van der Waals surface area contributed by atoms with Gasteiger partial charge in [-0.2, -0.15) is 5.10 Å². The number of aryl methyl sites for hydroxylation is 1. The summed E-state index contributed by atoms with van der Waals surface area (Å²) in [6.45, 7) is 4.88. The van der Waals surface area contributed by atoms with E-state index in [1.54, 1.807) is 11.1 Å². The summed E-state index contributed by atoms with van der Waals surface area (Å²) in [7, 11) is 0. The molecule has 7 rings (SSSR count). The number of piperidine rings is 1. The molecule has 2 atom stereocenters. The number of halogens is 1. The summed E-state index contributed by atoms with van der Waals surface area (Å²) < 4.78 is 25.7. The molecule has 2 aliphatic heterocycles. The zero-order chi connectivity index (χ0) is 28.2. The maximum absolute atomic E-state index is 15.6. The first-order chi connectivity index (χ1) is 19.9. The van der Waals surface area contributed by atoms with Crippen LogP contribution in [0, 0.1) is 24.6 Å². The largest absolute Gasteiger partial charge is 0.491 e. The number of carbonyl (C=O) groups is 2. The van der Waals surface area contributed by atoms with E-state index < -0.39 is 5.82 Å². The molecule has 9 nitrogen and oxygen atoms in total. The summed E-state index contributed by atoms with van der Waals surface area (Å²) in [5, 5.41) is 8.75. The molecule has 0 spiro atoms. The van der Waals surface area contributed by atoms with Gasteiger partial charge in [-0.3, -0.25) is 9.59 Å². The Morgan fingerprint density at radius 2 is 2.05 bits per heavy atom. The third kappa shape index (κ3) is 4.84. The summed E-state index contributed by atoms with van der Waals surface area (Å²) >= 11 is 0. The number of rotatable bonds is 7. The van der Waals surface area contributed by atoms with Gasteiger partial charge >= 0.3 is 0 Å². The number of nitrogens with two attached hydrogens (primary N) is 1. The van der Waals surface area contributed by atoms with Crippen LogP contribution in [-0.2, 0) is 11.3 Å². The van der Waals surface area contributed by atoms with Gasteiger partial charge in [0.25, 0.3) is 5.91 Å². The number of likely N-dealkylation sites (tertiary alicyclic amines) is 1. The van der Waals surface area contributed by atoms with Crippen molar-refractivity contribution in [2.45, 2.75) is 51.6 Å². The number of fused-ring (bicyclic) bond motifs is 2. The van der Waals surface area contributed by atoms with Crippen LogP contribution in [0.15, 0.2) is 36.5 Å². The highest BCUT2D eigenvalue weighted by molar-refractivity contribution is 5.95. The molecule has 2 saturated heterocycles. The van der Waals surface area contributed by atoms with Crippen LogP contribution < -0.4 is 15.8 Å². The van der Waals surface area contributed by atoms with Gasteiger partial charge in [-0.1, -0.05) is 12.1 Å². The van der Waals surface area contributed by atoms with Crippen molar-refractivity contribution < 1.29 is 18.7 Å². The Labute approximate surface area is 237 Å². The summed E-state index contributed by atoms with van der Waals surface area (Å²) in [5.74, 6) is 0.860. The SMILES string of the molecule is Cc1c(-c2cc3cccc(OCC4CNC(=O)C4)c3n2CC2CC2)nn2cc(C(=O)N3CCCC(N)C3)cc(F)c12. The number of nitrogens with zero attached hydrogens (tertiary/aromatic N) is 4. The third-order valence-corrected chi connectivity index (χ3v) is 8.71. The van der Waals surface area contributed by atoms with E-state index in [-0.39, 0.29) is 29.3 Å². The number of pyridine rings is 1. The van der Waals surface area contributed by atoms with Crippen LogP contribution in [0.25, 0.3) is 27.8 Å². The Kier molecular flexibility index (Phi) is 6.45. The van der Waals surface area contributed by atoms with Crippen molar-refractivity contribution in [2.24, 2.45) is 17.6 Å². The predicted molar refractivity (Wildman–Crippen MR) is 153 cm³/mol. The third-order valence-electron chi connectivity index (χ3n) is 8.71. The molecule has 10 heteroatoms. The minimum absolute atomic E-state index is 0.0561. The van der Waals surface area contributed by atoms with Gasteiger partial charge in [0.1, 0.15) is 22.8 Å². The summed E-state index contributed by atoms with van der Waals surface area (Å²) in [6.07, 6.45) is 6.18. The molecule has 1 aliphatic carbocycles. The molecule has 3 aliphatic rings. The van der Waals surface area contributed by atoms with Gasteiger partial charge in [0.05, 0.1) is 23.4 Å². The molecule has 2 amide bonds. The summed E-state index contributed by atoms with van der Waals surface area (Å²) in [6, 6.07) is 9.37. The van der Waals surface area contributed by atoms with Crippen molar-refractivity contribution in [3.05, 3.63) is 53.5 Å². The first-order valence-corrected chi connectivity index (χ1v) is 14.6. The fraction of sp³-hybridized carbons (Fsp3) is 0.452. The minimum atomic E-state index is -0.470. The van der Waals surface area contributed by atoms with E-state index in [2.05, 4.69) is 22.0 Å². The van der Waals surface area contributed by atoms with Gasteiger partial charge in [0.2, 0.25) is 5.91 Å². The van der Waals surface area contributed by atoms with Gasteiger partial charge in [-0.25, -0.2) is 8.91 Å². The van der Waals surface area contributed by atoms with Crippen LogP contribution in [0.1, 0.15) is 48.0 Å². The normalized spacial score (nSPS) is 21.1. The fourth-order valence-corrected chi connectivity index (χ4v) is 6.35. The highest BCUT2D eigenvalue weighted by Crippen LogP contribution is 2.40. The van der Waals surface area contributed by atoms with Crippen LogP contribution in [0.4, 0.5) is 4.39 Å². The van der Waals surface area contributed by atoms with Crippen molar-refractivity contribution in [1.82, 2.24) is 24.4 Å². The number of benzene rings is 1. The highest BCUT2D eigenvalue weighted by Gasteiger charge is 2.29. The second-order valence-corrected chi connectivity index (χ2v) is 12.0. The number of hydrogen-bond donors (Lipinski definition) is 2. The van der Waals surface area contributed by atoms with Gasteiger partial charge in [-0.05, 0) is 56.7 Å². The lowest BCUT2D eigenvalue weighted by Crippen LogP contribution is -2.45. The van der Waals surface area contributed by atoms with E-state index in [0.717, 1.165) is 47.3 Å². The van der Waals surface area contributed by atoms with Crippen molar-refractivity contribution in [2.75, 3.05) is 26.2 Å². The fourth-order valence-electron chi connectivity index (χ4n) is 6.35. The molecule has 41 heavy (non-hydrogen) atoms. The number of aromatic nitrogens is 3. The molecule has 1 saturated carbocycles. The quantitative estimate of drug-likeness (QED) is 0.358. The average Bonchev–Trinajstić information content (AvgIpc) is 3.41. The van der Waals surface area contributed by atoms with Gasteiger partial charge in [-0.15, -0.1) is 0 Å². The molecule has 214 valence electrons. The smallest absolute Gasteiger partial charge is 0.255 e. The van der Waals surface area contributed by atoms with Crippen molar-refractivity contribution >= 4 is 28.2 Å². The van der Waals surface area contributed by atoms with E-state index in [0.29, 0.717) is 49.8 Å². The Morgan fingerprint density at radius 1 is 1.20 bits per heavy atom. The van der Waals surface area contributed by atoms with Crippen molar-refractivity contribution in [1.29, 1.82) is 0 Å². The Balaban J connectivity index is 1.28. The van der Waals surface area contributed by atoms with Crippen LogP contribution in [-0.4, -0.2) is 63.2 Å². The first kappa shape index (κ1) is 26.0.